The SMILES string of the molecule is COc1cc(CNc2ccc(Cl)c(C(=O)O)c2)c(Cl)cc1OCc1ccccc1C. The van der Waals surface area contributed by atoms with E-state index in [4.69, 9.17) is 32.7 Å². The van der Waals surface area contributed by atoms with Crippen molar-refractivity contribution in [1.29, 1.82) is 0 Å². The van der Waals surface area contributed by atoms with Crippen molar-refractivity contribution in [2.75, 3.05) is 12.4 Å². The Kier molecular flexibility index (Phi) is 7.08. The van der Waals surface area contributed by atoms with Gasteiger partial charge in [0.15, 0.2) is 11.5 Å². The van der Waals surface area contributed by atoms with Crippen LogP contribution < -0.4 is 14.8 Å². The number of anilines is 1. The van der Waals surface area contributed by atoms with Crippen molar-refractivity contribution in [1.82, 2.24) is 0 Å². The van der Waals surface area contributed by atoms with Crippen LogP contribution in [0.25, 0.3) is 0 Å². The molecule has 0 saturated carbocycles. The van der Waals surface area contributed by atoms with E-state index >= 15 is 0 Å². The molecule has 3 aromatic carbocycles. The lowest BCUT2D eigenvalue weighted by atomic mass is 10.1. The predicted molar refractivity (Wildman–Crippen MR) is 119 cm³/mol. The zero-order chi connectivity index (χ0) is 21.7. The van der Waals surface area contributed by atoms with Gasteiger partial charge in [-0.25, -0.2) is 4.79 Å². The molecule has 0 aliphatic heterocycles. The molecule has 2 N–H and O–H groups in total. The number of carbonyl (C=O) groups is 1. The average molecular weight is 446 g/mol. The van der Waals surface area contributed by atoms with Crippen molar-refractivity contribution in [3.8, 4) is 11.5 Å². The number of aryl methyl sites for hydroxylation is 1. The third-order valence-corrected chi connectivity index (χ3v) is 5.34. The number of ether oxygens (including phenoxy) is 2. The number of carboxylic acid groups (broad SMARTS) is 1. The highest BCUT2D eigenvalue weighted by molar-refractivity contribution is 6.33. The number of nitrogens with one attached hydrogen (secondary N) is 1. The van der Waals surface area contributed by atoms with E-state index in [1.807, 2.05) is 31.2 Å². The topological polar surface area (TPSA) is 67.8 Å². The number of hydrogen-bond acceptors (Lipinski definition) is 4. The van der Waals surface area contributed by atoms with Gasteiger partial charge in [0.25, 0.3) is 0 Å². The number of halogens is 2. The van der Waals surface area contributed by atoms with Crippen LogP contribution >= 0.6 is 23.2 Å². The second-order valence-corrected chi connectivity index (χ2v) is 7.48. The Morgan fingerprint density at radius 2 is 1.77 bits per heavy atom. The largest absolute Gasteiger partial charge is 0.493 e. The number of methoxy groups -OCH3 is 1. The summed E-state index contributed by atoms with van der Waals surface area (Å²) >= 11 is 12.4. The Labute approximate surface area is 185 Å². The van der Waals surface area contributed by atoms with E-state index in [1.165, 1.54) is 12.1 Å². The first-order valence-corrected chi connectivity index (χ1v) is 9.95. The molecule has 156 valence electrons. The van der Waals surface area contributed by atoms with Crippen LogP contribution in [-0.2, 0) is 13.2 Å². The van der Waals surface area contributed by atoms with E-state index in [1.54, 1.807) is 25.3 Å². The van der Waals surface area contributed by atoms with Crippen LogP contribution in [0, 0.1) is 6.92 Å². The first-order chi connectivity index (χ1) is 14.4. The van der Waals surface area contributed by atoms with Crippen LogP contribution in [0.5, 0.6) is 11.5 Å². The maximum atomic E-state index is 11.2. The van der Waals surface area contributed by atoms with Gasteiger partial charge in [-0.2, -0.15) is 0 Å². The maximum Gasteiger partial charge on any atom is 0.337 e. The van der Waals surface area contributed by atoms with E-state index in [9.17, 15) is 9.90 Å². The fourth-order valence-electron chi connectivity index (χ4n) is 2.91. The van der Waals surface area contributed by atoms with Crippen molar-refractivity contribution in [3.05, 3.63) is 86.9 Å². The van der Waals surface area contributed by atoms with E-state index in [-0.39, 0.29) is 10.6 Å². The lowest BCUT2D eigenvalue weighted by Gasteiger charge is -2.15. The molecule has 0 aromatic heterocycles. The normalized spacial score (nSPS) is 10.5. The summed E-state index contributed by atoms with van der Waals surface area (Å²) in [5.74, 6) is 0.0276. The van der Waals surface area contributed by atoms with Gasteiger partial charge >= 0.3 is 5.97 Å². The Balaban J connectivity index is 1.74. The average Bonchev–Trinajstić information content (AvgIpc) is 2.73. The van der Waals surface area contributed by atoms with E-state index in [2.05, 4.69) is 5.32 Å². The third-order valence-electron chi connectivity index (χ3n) is 4.66. The minimum atomic E-state index is -1.08. The highest BCUT2D eigenvalue weighted by Crippen LogP contribution is 2.34. The lowest BCUT2D eigenvalue weighted by Crippen LogP contribution is -2.05. The predicted octanol–water partition coefficient (Wildman–Crippen LogP) is 6.20. The van der Waals surface area contributed by atoms with Crippen molar-refractivity contribution in [3.63, 3.8) is 0 Å². The van der Waals surface area contributed by atoms with Crippen LogP contribution in [0.15, 0.2) is 54.6 Å². The van der Waals surface area contributed by atoms with Gasteiger partial charge in [-0.05, 0) is 47.9 Å². The molecule has 0 radical (unpaired) electrons. The van der Waals surface area contributed by atoms with E-state index < -0.39 is 5.97 Å². The molecule has 0 heterocycles. The number of aromatic carboxylic acids is 1. The molecule has 5 nitrogen and oxygen atoms in total. The van der Waals surface area contributed by atoms with Crippen molar-refractivity contribution >= 4 is 34.9 Å². The van der Waals surface area contributed by atoms with Crippen LogP contribution in [-0.4, -0.2) is 18.2 Å². The highest BCUT2D eigenvalue weighted by Gasteiger charge is 2.13. The van der Waals surface area contributed by atoms with Gasteiger partial charge in [-0.1, -0.05) is 47.5 Å². The molecule has 0 aliphatic rings. The highest BCUT2D eigenvalue weighted by atomic mass is 35.5. The molecule has 0 saturated heterocycles. The van der Waals surface area contributed by atoms with Crippen LogP contribution in [0.4, 0.5) is 5.69 Å². The second kappa shape index (κ2) is 9.74. The minimum Gasteiger partial charge on any atom is -0.493 e. The lowest BCUT2D eigenvalue weighted by molar-refractivity contribution is 0.0697. The van der Waals surface area contributed by atoms with Gasteiger partial charge in [-0.3, -0.25) is 0 Å². The minimum absolute atomic E-state index is 0.0327. The molecule has 7 heteroatoms. The fraction of sp³-hybridized carbons (Fsp3) is 0.174. The molecule has 0 amide bonds. The van der Waals surface area contributed by atoms with Gasteiger partial charge in [0.1, 0.15) is 6.61 Å². The first-order valence-electron chi connectivity index (χ1n) is 9.19. The summed E-state index contributed by atoms with van der Waals surface area (Å²) in [4.78, 5) is 11.2. The van der Waals surface area contributed by atoms with Crippen molar-refractivity contribution in [2.24, 2.45) is 0 Å². The van der Waals surface area contributed by atoms with Gasteiger partial charge in [-0.15, -0.1) is 0 Å². The fourth-order valence-corrected chi connectivity index (χ4v) is 3.33. The molecular formula is C23H21Cl2NO4. The molecule has 3 rings (SSSR count). The van der Waals surface area contributed by atoms with Gasteiger partial charge < -0.3 is 19.9 Å². The van der Waals surface area contributed by atoms with Crippen LogP contribution in [0.1, 0.15) is 27.0 Å². The summed E-state index contributed by atoms with van der Waals surface area (Å²) in [6, 6.07) is 16.3. The first kappa shape index (κ1) is 21.8. The summed E-state index contributed by atoms with van der Waals surface area (Å²) in [6.45, 7) is 2.80. The monoisotopic (exact) mass is 445 g/mol. The number of hydrogen-bond donors (Lipinski definition) is 2. The molecule has 0 bridgehead atoms. The summed E-state index contributed by atoms with van der Waals surface area (Å²) in [5, 5.41) is 13.1. The van der Waals surface area contributed by atoms with Gasteiger partial charge in [0.2, 0.25) is 0 Å². The Hall–Kier alpha value is -2.89. The summed E-state index contributed by atoms with van der Waals surface area (Å²) < 4.78 is 11.4. The third kappa shape index (κ3) is 5.17. The molecule has 0 atom stereocenters. The van der Waals surface area contributed by atoms with Gasteiger partial charge in [0, 0.05) is 23.3 Å². The molecule has 30 heavy (non-hydrogen) atoms. The van der Waals surface area contributed by atoms with E-state index in [0.717, 1.165) is 16.7 Å². The maximum absolute atomic E-state index is 11.2. The summed E-state index contributed by atoms with van der Waals surface area (Å²) in [6.07, 6.45) is 0. The number of carboxylic acids is 1. The smallest absolute Gasteiger partial charge is 0.337 e. The standard InChI is InChI=1S/C23H21Cl2NO4/c1-14-5-3-4-6-15(14)13-30-22-11-20(25)16(9-21(22)29-2)12-26-17-7-8-19(24)18(10-17)23(27)28/h3-11,26H,12-13H2,1-2H3,(H,27,28). The molecule has 0 fully saturated rings. The summed E-state index contributed by atoms with van der Waals surface area (Å²) in [5.41, 5.74) is 3.66. The molecule has 0 spiro atoms. The molecular weight excluding hydrogens is 425 g/mol. The van der Waals surface area contributed by atoms with Crippen LogP contribution in [0.3, 0.4) is 0 Å². The van der Waals surface area contributed by atoms with Crippen molar-refractivity contribution in [2.45, 2.75) is 20.1 Å². The van der Waals surface area contributed by atoms with Gasteiger partial charge in [0.05, 0.1) is 17.7 Å². The summed E-state index contributed by atoms with van der Waals surface area (Å²) in [7, 11) is 1.57. The zero-order valence-electron chi connectivity index (χ0n) is 16.5. The Bertz CT molecular complexity index is 1070. The van der Waals surface area contributed by atoms with E-state index in [0.29, 0.717) is 35.4 Å². The quantitative estimate of drug-likeness (QED) is 0.431. The van der Waals surface area contributed by atoms with Crippen LogP contribution in [0.2, 0.25) is 10.0 Å². The molecule has 0 unspecified atom stereocenters. The second-order valence-electron chi connectivity index (χ2n) is 6.66. The molecule has 0 aliphatic carbocycles. The Morgan fingerprint density at radius 1 is 1.00 bits per heavy atom. The Morgan fingerprint density at radius 3 is 2.47 bits per heavy atom. The van der Waals surface area contributed by atoms with Crippen molar-refractivity contribution < 1.29 is 19.4 Å². The zero-order valence-corrected chi connectivity index (χ0v) is 18.1. The number of benzene rings is 3. The number of rotatable bonds is 8. The molecule has 3 aromatic rings.